The molecule has 31 heavy (non-hydrogen) atoms. The van der Waals surface area contributed by atoms with Crippen molar-refractivity contribution >= 4 is 27.4 Å². The number of fused-ring (bicyclic) bond motifs is 1. The molecule has 1 aromatic carbocycles. The van der Waals surface area contributed by atoms with E-state index in [1.54, 1.807) is 32.3 Å². The van der Waals surface area contributed by atoms with Crippen LogP contribution in [0.5, 0.6) is 0 Å². The number of carbonyl (C=O) groups excluding carboxylic acids is 1. The summed E-state index contributed by atoms with van der Waals surface area (Å²) in [6.07, 6.45) is 4.11. The molecule has 0 unspecified atom stereocenters. The van der Waals surface area contributed by atoms with Gasteiger partial charge in [-0.1, -0.05) is 6.42 Å². The molecule has 2 aromatic rings. The molecule has 1 atom stereocenters. The molecule has 9 nitrogen and oxygen atoms in total. The Kier molecular flexibility index (Phi) is 6.22. The van der Waals surface area contributed by atoms with Crippen LogP contribution in [-0.4, -0.2) is 49.2 Å². The van der Waals surface area contributed by atoms with Crippen LogP contribution in [0, 0.1) is 0 Å². The van der Waals surface area contributed by atoms with Gasteiger partial charge in [-0.05, 0) is 49.6 Å². The van der Waals surface area contributed by atoms with Gasteiger partial charge in [-0.3, -0.25) is 4.79 Å². The number of nitrogens with zero attached hydrogens (tertiary/aromatic N) is 3. The Morgan fingerprint density at radius 1 is 1.19 bits per heavy atom. The maximum Gasteiger partial charge on any atom is 0.243 e. The van der Waals surface area contributed by atoms with Gasteiger partial charge in [0.15, 0.2) is 0 Å². The van der Waals surface area contributed by atoms with Gasteiger partial charge in [-0.15, -0.1) is 0 Å². The van der Waals surface area contributed by atoms with Crippen molar-refractivity contribution in [2.75, 3.05) is 31.3 Å². The largest absolute Gasteiger partial charge is 0.373 e. The topological polar surface area (TPSA) is 116 Å². The van der Waals surface area contributed by atoms with Gasteiger partial charge < -0.3 is 16.0 Å². The van der Waals surface area contributed by atoms with Crippen LogP contribution in [0.1, 0.15) is 48.8 Å². The number of hydrogen-bond acceptors (Lipinski definition) is 7. The third-order valence-corrected chi connectivity index (χ3v) is 7.54. The fourth-order valence-corrected chi connectivity index (χ4v) is 5.16. The smallest absolute Gasteiger partial charge is 0.243 e. The van der Waals surface area contributed by atoms with Gasteiger partial charge >= 0.3 is 0 Å². The average molecular weight is 445 g/mol. The van der Waals surface area contributed by atoms with Crippen LogP contribution < -0.4 is 16.0 Å². The summed E-state index contributed by atoms with van der Waals surface area (Å²) in [6, 6.07) is 6.70. The standard InChI is InChI=1S/C21H28N6O3S/c1-22-19-12-15(24-21(26-19)18-5-3-4-10-23-18)13-27(2)31(29,30)16-7-8-17-14(11-16)6-9-20(28)25-17/h7-8,11-12,18,23H,3-6,9-10,13H2,1-2H3,(H,25,28)(H,22,24,26)/t18-/m0/s1. The van der Waals surface area contributed by atoms with Crippen molar-refractivity contribution in [3.8, 4) is 0 Å². The molecule has 0 saturated carbocycles. The van der Waals surface area contributed by atoms with Crippen molar-refractivity contribution in [2.45, 2.75) is 49.6 Å². The first-order valence-corrected chi connectivity index (χ1v) is 12.0. The molecule has 1 fully saturated rings. The Bertz CT molecular complexity index is 1080. The summed E-state index contributed by atoms with van der Waals surface area (Å²) in [7, 11) is -0.377. The number of hydrogen-bond donors (Lipinski definition) is 3. The number of piperidine rings is 1. The Morgan fingerprint density at radius 2 is 2.03 bits per heavy atom. The van der Waals surface area contributed by atoms with Crippen LogP contribution in [0.4, 0.5) is 11.5 Å². The Morgan fingerprint density at radius 3 is 2.77 bits per heavy atom. The number of anilines is 2. The van der Waals surface area contributed by atoms with Crippen LogP contribution in [-0.2, 0) is 27.8 Å². The Hall–Kier alpha value is -2.56. The number of sulfonamides is 1. The summed E-state index contributed by atoms with van der Waals surface area (Å²) in [6.45, 7) is 1.06. The molecular formula is C21H28N6O3S. The first-order valence-electron chi connectivity index (χ1n) is 10.5. The average Bonchev–Trinajstić information content (AvgIpc) is 2.78. The number of benzene rings is 1. The third kappa shape index (κ3) is 4.70. The Labute approximate surface area is 182 Å². The molecule has 1 amide bonds. The predicted octanol–water partition coefficient (Wildman–Crippen LogP) is 2.04. The summed E-state index contributed by atoms with van der Waals surface area (Å²) in [5.41, 5.74) is 2.15. The molecule has 3 heterocycles. The molecule has 0 spiro atoms. The van der Waals surface area contributed by atoms with Crippen LogP contribution in [0.2, 0.25) is 0 Å². The van der Waals surface area contributed by atoms with Crippen molar-refractivity contribution in [1.29, 1.82) is 0 Å². The second-order valence-electron chi connectivity index (χ2n) is 7.98. The molecule has 166 valence electrons. The van der Waals surface area contributed by atoms with Gasteiger partial charge in [0.25, 0.3) is 0 Å². The normalized spacial score (nSPS) is 19.1. The minimum Gasteiger partial charge on any atom is -0.373 e. The molecule has 2 aliphatic heterocycles. The second kappa shape index (κ2) is 8.89. The zero-order valence-corrected chi connectivity index (χ0v) is 18.6. The number of aryl methyl sites for hydroxylation is 1. The molecule has 4 rings (SSSR count). The van der Waals surface area contributed by atoms with Crippen LogP contribution in [0.15, 0.2) is 29.2 Å². The Balaban J connectivity index is 1.57. The van der Waals surface area contributed by atoms with Crippen molar-refractivity contribution in [3.63, 3.8) is 0 Å². The van der Waals surface area contributed by atoms with E-state index in [1.807, 2.05) is 0 Å². The van der Waals surface area contributed by atoms with Crippen LogP contribution in [0.25, 0.3) is 0 Å². The highest BCUT2D eigenvalue weighted by atomic mass is 32.2. The maximum absolute atomic E-state index is 13.2. The lowest BCUT2D eigenvalue weighted by Crippen LogP contribution is -2.30. The van der Waals surface area contributed by atoms with E-state index in [9.17, 15) is 13.2 Å². The van der Waals surface area contributed by atoms with Gasteiger partial charge in [0.2, 0.25) is 15.9 Å². The second-order valence-corrected chi connectivity index (χ2v) is 10.0. The number of aromatic nitrogens is 2. The molecule has 3 N–H and O–H groups in total. The predicted molar refractivity (Wildman–Crippen MR) is 118 cm³/mol. The van der Waals surface area contributed by atoms with Gasteiger partial charge in [0.05, 0.1) is 23.2 Å². The number of rotatable bonds is 6. The monoisotopic (exact) mass is 444 g/mol. The molecule has 1 saturated heterocycles. The highest BCUT2D eigenvalue weighted by molar-refractivity contribution is 7.89. The van der Waals surface area contributed by atoms with E-state index in [1.165, 1.54) is 10.4 Å². The summed E-state index contributed by atoms with van der Waals surface area (Å²) in [4.78, 5) is 21.0. The van der Waals surface area contributed by atoms with Gasteiger partial charge in [-0.25, -0.2) is 18.4 Å². The first-order chi connectivity index (χ1) is 14.9. The minimum atomic E-state index is -3.72. The zero-order chi connectivity index (χ0) is 22.0. The lowest BCUT2D eigenvalue weighted by molar-refractivity contribution is -0.116. The SMILES string of the molecule is CNc1cc(CN(C)S(=O)(=O)c2ccc3c(c2)CCC(=O)N3)nc([C@@H]2CCCCN2)n1. The third-order valence-electron chi connectivity index (χ3n) is 5.74. The summed E-state index contributed by atoms with van der Waals surface area (Å²) in [5, 5.41) is 9.27. The fraction of sp³-hybridized carbons (Fsp3) is 0.476. The minimum absolute atomic E-state index is 0.0485. The molecule has 0 bridgehead atoms. The van der Waals surface area contributed by atoms with E-state index in [0.717, 1.165) is 31.4 Å². The molecule has 1 aromatic heterocycles. The van der Waals surface area contributed by atoms with E-state index < -0.39 is 10.0 Å². The maximum atomic E-state index is 13.2. The molecule has 0 aliphatic carbocycles. The van der Waals surface area contributed by atoms with Crippen LogP contribution in [0.3, 0.4) is 0 Å². The molecular weight excluding hydrogens is 416 g/mol. The number of amides is 1. The van der Waals surface area contributed by atoms with Gasteiger partial charge in [-0.2, -0.15) is 4.31 Å². The lowest BCUT2D eigenvalue weighted by Gasteiger charge is -2.24. The van der Waals surface area contributed by atoms with E-state index in [4.69, 9.17) is 0 Å². The highest BCUT2D eigenvalue weighted by Gasteiger charge is 2.25. The highest BCUT2D eigenvalue weighted by Crippen LogP contribution is 2.27. The molecule has 0 radical (unpaired) electrons. The zero-order valence-electron chi connectivity index (χ0n) is 17.8. The van der Waals surface area contributed by atoms with E-state index in [0.29, 0.717) is 35.9 Å². The first kappa shape index (κ1) is 21.7. The molecule has 2 aliphatic rings. The summed E-state index contributed by atoms with van der Waals surface area (Å²) >= 11 is 0. The quantitative estimate of drug-likeness (QED) is 0.624. The fourth-order valence-electron chi connectivity index (χ4n) is 3.97. The van der Waals surface area contributed by atoms with Crippen molar-refractivity contribution in [1.82, 2.24) is 19.6 Å². The van der Waals surface area contributed by atoms with Gasteiger partial charge in [0.1, 0.15) is 11.6 Å². The van der Waals surface area contributed by atoms with Crippen molar-refractivity contribution in [3.05, 3.63) is 41.3 Å². The number of nitrogens with one attached hydrogen (secondary N) is 3. The van der Waals surface area contributed by atoms with E-state index in [-0.39, 0.29) is 23.4 Å². The van der Waals surface area contributed by atoms with E-state index >= 15 is 0 Å². The summed E-state index contributed by atoms with van der Waals surface area (Å²) in [5.74, 6) is 1.31. The van der Waals surface area contributed by atoms with E-state index in [2.05, 4.69) is 25.9 Å². The van der Waals surface area contributed by atoms with Crippen molar-refractivity contribution < 1.29 is 13.2 Å². The lowest BCUT2D eigenvalue weighted by atomic mass is 10.0. The summed E-state index contributed by atoms with van der Waals surface area (Å²) < 4.78 is 27.7. The van der Waals surface area contributed by atoms with Crippen LogP contribution >= 0.6 is 0 Å². The van der Waals surface area contributed by atoms with Gasteiger partial charge in [0, 0.05) is 32.3 Å². The van der Waals surface area contributed by atoms with Crippen molar-refractivity contribution in [2.24, 2.45) is 0 Å². The molecule has 10 heteroatoms. The number of carbonyl (C=O) groups is 1.